The minimum Gasteiger partial charge on any atom is -0.481 e. The number of hydrogen-bond donors (Lipinski definition) is 2. The van der Waals surface area contributed by atoms with Gasteiger partial charge in [-0.05, 0) is 0 Å². The highest BCUT2D eigenvalue weighted by Crippen LogP contribution is 2.54. The second kappa shape index (κ2) is 7.81. The van der Waals surface area contributed by atoms with E-state index < -0.39 is 31.6 Å². The molecule has 0 radical (unpaired) electrons. The van der Waals surface area contributed by atoms with Gasteiger partial charge in [0.2, 0.25) is 0 Å². The van der Waals surface area contributed by atoms with Gasteiger partial charge in [0.05, 0.1) is 19.6 Å². The lowest BCUT2D eigenvalue weighted by Gasteiger charge is -2.22. The van der Waals surface area contributed by atoms with Crippen molar-refractivity contribution in [2.24, 2.45) is 0 Å². The van der Waals surface area contributed by atoms with Crippen molar-refractivity contribution in [2.45, 2.75) is 12.1 Å². The SMILES string of the molecule is C=CCOP(=O)(OCC=C)C(CC(=O)O)C(=O)O. The first-order chi connectivity index (χ1) is 8.37. The largest absolute Gasteiger partial charge is 0.481 e. The normalized spacial score (nSPS) is 12.7. The van der Waals surface area contributed by atoms with E-state index in [-0.39, 0.29) is 13.2 Å². The first-order valence-electron chi connectivity index (χ1n) is 4.92. The first kappa shape index (κ1) is 16.6. The zero-order valence-corrected chi connectivity index (χ0v) is 10.5. The summed E-state index contributed by atoms with van der Waals surface area (Å²) in [6.07, 6.45) is 1.65. The quantitative estimate of drug-likeness (QED) is 0.460. The molecule has 0 aromatic heterocycles. The van der Waals surface area contributed by atoms with Crippen LogP contribution in [0, 0.1) is 0 Å². The Bertz CT molecular complexity index is 360. The summed E-state index contributed by atoms with van der Waals surface area (Å²) in [6, 6.07) is 0. The third-order valence-corrected chi connectivity index (χ3v) is 3.96. The smallest absolute Gasteiger partial charge is 0.346 e. The molecule has 1 unspecified atom stereocenters. The molecule has 0 aliphatic carbocycles. The van der Waals surface area contributed by atoms with E-state index in [1.165, 1.54) is 12.2 Å². The molecule has 0 saturated heterocycles. The number of aliphatic carboxylic acids is 2. The fourth-order valence-electron chi connectivity index (χ4n) is 1.03. The molecule has 0 heterocycles. The predicted molar refractivity (Wildman–Crippen MR) is 63.6 cm³/mol. The van der Waals surface area contributed by atoms with Crippen LogP contribution in [0.3, 0.4) is 0 Å². The van der Waals surface area contributed by atoms with Crippen LogP contribution in [-0.2, 0) is 23.2 Å². The van der Waals surface area contributed by atoms with Gasteiger partial charge in [-0.25, -0.2) is 0 Å². The molecule has 18 heavy (non-hydrogen) atoms. The van der Waals surface area contributed by atoms with Crippen molar-refractivity contribution in [3.05, 3.63) is 25.3 Å². The Hall–Kier alpha value is -1.43. The summed E-state index contributed by atoms with van der Waals surface area (Å²) >= 11 is 0. The molecule has 2 N–H and O–H groups in total. The lowest BCUT2D eigenvalue weighted by Crippen LogP contribution is -2.26. The van der Waals surface area contributed by atoms with Crippen LogP contribution < -0.4 is 0 Å². The molecule has 0 spiro atoms. The summed E-state index contributed by atoms with van der Waals surface area (Å²) in [6.45, 7) is 6.23. The Morgan fingerprint density at radius 2 is 1.61 bits per heavy atom. The number of carbonyl (C=O) groups is 2. The maximum Gasteiger partial charge on any atom is 0.346 e. The van der Waals surface area contributed by atoms with Gasteiger partial charge < -0.3 is 19.3 Å². The topological polar surface area (TPSA) is 110 Å². The van der Waals surface area contributed by atoms with Gasteiger partial charge in [0.1, 0.15) is 0 Å². The van der Waals surface area contributed by atoms with Crippen LogP contribution >= 0.6 is 7.60 Å². The molecular formula is C10H15O7P. The van der Waals surface area contributed by atoms with Crippen molar-refractivity contribution >= 4 is 19.5 Å². The molecule has 0 amide bonds. The third-order valence-electron chi connectivity index (χ3n) is 1.78. The van der Waals surface area contributed by atoms with Crippen LogP contribution in [0.2, 0.25) is 0 Å². The van der Waals surface area contributed by atoms with Crippen molar-refractivity contribution in [1.82, 2.24) is 0 Å². The molecule has 0 fully saturated rings. The Morgan fingerprint density at radius 1 is 1.17 bits per heavy atom. The van der Waals surface area contributed by atoms with Gasteiger partial charge in [-0.1, -0.05) is 12.2 Å². The first-order valence-corrected chi connectivity index (χ1v) is 6.53. The van der Waals surface area contributed by atoms with Crippen LogP contribution in [-0.4, -0.2) is 41.0 Å². The van der Waals surface area contributed by atoms with E-state index in [1.807, 2.05) is 0 Å². The maximum atomic E-state index is 12.2. The Balaban J connectivity index is 5.12. The van der Waals surface area contributed by atoms with Crippen LogP contribution in [0.15, 0.2) is 25.3 Å². The number of carboxylic acid groups (broad SMARTS) is 2. The molecule has 102 valence electrons. The molecule has 0 aliphatic heterocycles. The lowest BCUT2D eigenvalue weighted by atomic mass is 10.3. The van der Waals surface area contributed by atoms with Gasteiger partial charge >= 0.3 is 19.5 Å². The van der Waals surface area contributed by atoms with Crippen LogP contribution in [0.1, 0.15) is 6.42 Å². The maximum absolute atomic E-state index is 12.2. The second-order valence-electron chi connectivity index (χ2n) is 3.16. The van der Waals surface area contributed by atoms with E-state index in [2.05, 4.69) is 13.2 Å². The fourth-order valence-corrected chi connectivity index (χ4v) is 2.74. The van der Waals surface area contributed by atoms with E-state index in [9.17, 15) is 14.2 Å². The highest BCUT2D eigenvalue weighted by atomic mass is 31.2. The van der Waals surface area contributed by atoms with E-state index in [0.717, 1.165) is 0 Å². The molecular weight excluding hydrogens is 263 g/mol. The molecule has 0 aromatic rings. The van der Waals surface area contributed by atoms with Gasteiger partial charge in [0, 0.05) is 0 Å². The van der Waals surface area contributed by atoms with Crippen molar-refractivity contribution in [1.29, 1.82) is 0 Å². The second-order valence-corrected chi connectivity index (χ2v) is 5.38. The molecule has 0 aliphatic rings. The molecule has 0 saturated carbocycles. The Morgan fingerprint density at radius 3 is 1.89 bits per heavy atom. The van der Waals surface area contributed by atoms with E-state index in [0.29, 0.717) is 0 Å². The zero-order chi connectivity index (χ0) is 14.2. The van der Waals surface area contributed by atoms with Gasteiger partial charge in [-0.2, -0.15) is 0 Å². The third kappa shape index (κ3) is 5.27. The molecule has 8 heteroatoms. The fraction of sp³-hybridized carbons (Fsp3) is 0.400. The van der Waals surface area contributed by atoms with Crippen LogP contribution in [0.5, 0.6) is 0 Å². The summed E-state index contributed by atoms with van der Waals surface area (Å²) in [4.78, 5) is 21.5. The van der Waals surface area contributed by atoms with Crippen molar-refractivity contribution in [3.63, 3.8) is 0 Å². The molecule has 7 nitrogen and oxygen atoms in total. The van der Waals surface area contributed by atoms with Crippen LogP contribution in [0.25, 0.3) is 0 Å². The summed E-state index contributed by atoms with van der Waals surface area (Å²) in [5, 5.41) is 17.5. The van der Waals surface area contributed by atoms with Crippen molar-refractivity contribution < 1.29 is 33.4 Å². The summed E-state index contributed by atoms with van der Waals surface area (Å²) in [5.41, 5.74) is -1.77. The Kier molecular flexibility index (Phi) is 7.19. The van der Waals surface area contributed by atoms with Crippen molar-refractivity contribution in [2.75, 3.05) is 13.2 Å². The monoisotopic (exact) mass is 278 g/mol. The van der Waals surface area contributed by atoms with Gasteiger partial charge in [-0.3, -0.25) is 14.2 Å². The highest BCUT2D eigenvalue weighted by Gasteiger charge is 2.42. The van der Waals surface area contributed by atoms with Crippen molar-refractivity contribution in [3.8, 4) is 0 Å². The Labute approximate surface area is 104 Å². The zero-order valence-electron chi connectivity index (χ0n) is 9.65. The summed E-state index contributed by atoms with van der Waals surface area (Å²) < 4.78 is 21.9. The highest BCUT2D eigenvalue weighted by molar-refractivity contribution is 7.55. The number of rotatable bonds is 10. The van der Waals surface area contributed by atoms with E-state index in [4.69, 9.17) is 19.3 Å². The van der Waals surface area contributed by atoms with Gasteiger partial charge in [-0.15, -0.1) is 13.2 Å². The minimum absolute atomic E-state index is 0.210. The minimum atomic E-state index is -4.10. The van der Waals surface area contributed by atoms with Gasteiger partial charge in [0.25, 0.3) is 0 Å². The average molecular weight is 278 g/mol. The number of hydrogen-bond acceptors (Lipinski definition) is 5. The van der Waals surface area contributed by atoms with E-state index >= 15 is 0 Å². The lowest BCUT2D eigenvalue weighted by molar-refractivity contribution is -0.143. The molecule has 0 aromatic carbocycles. The summed E-state index contributed by atoms with van der Waals surface area (Å²) in [7, 11) is -4.10. The summed E-state index contributed by atoms with van der Waals surface area (Å²) in [5.74, 6) is -2.97. The molecule has 0 rings (SSSR count). The molecule has 0 bridgehead atoms. The average Bonchev–Trinajstić information content (AvgIpc) is 2.30. The van der Waals surface area contributed by atoms with Gasteiger partial charge in [0.15, 0.2) is 5.66 Å². The predicted octanol–water partition coefficient (Wildman–Crippen LogP) is 1.51. The standard InChI is InChI=1S/C10H15O7P/c1-3-5-16-18(15,17-6-4-2)8(10(13)14)7-9(11)12/h3-4,8H,1-2,5-7H2,(H,11,12)(H,13,14). The number of carboxylic acids is 2. The molecule has 1 atom stereocenters. The van der Waals surface area contributed by atoms with E-state index in [1.54, 1.807) is 0 Å². The van der Waals surface area contributed by atoms with Crippen LogP contribution in [0.4, 0.5) is 0 Å².